The third-order valence-corrected chi connectivity index (χ3v) is 4.30. The smallest absolute Gasteiger partial charge is 0.316 e. The van der Waals surface area contributed by atoms with Gasteiger partial charge in [-0.05, 0) is 11.4 Å². The molecule has 2 aromatic heterocycles. The molecule has 1 atom stereocenters. The first kappa shape index (κ1) is 11.6. The number of aromatic nitrogens is 1. The van der Waals surface area contributed by atoms with Crippen molar-refractivity contribution in [1.29, 1.82) is 0 Å². The Bertz CT molecular complexity index is 478. The molecule has 0 saturated carbocycles. The molecular formula is C10H9NO2S3. The topological polar surface area (TPSA) is 50.2 Å². The highest BCUT2D eigenvalue weighted by Gasteiger charge is 2.15. The van der Waals surface area contributed by atoms with Gasteiger partial charge in [-0.1, -0.05) is 6.07 Å². The molecule has 16 heavy (non-hydrogen) atoms. The molecule has 0 aliphatic rings. The molecule has 1 N–H and O–H groups in total. The van der Waals surface area contributed by atoms with Gasteiger partial charge in [0.2, 0.25) is 0 Å². The minimum absolute atomic E-state index is 0.361. The predicted molar refractivity (Wildman–Crippen MR) is 69.5 cm³/mol. The summed E-state index contributed by atoms with van der Waals surface area (Å²) in [4.78, 5) is 16.1. The molecule has 0 fully saturated rings. The number of thiophene rings is 1. The highest BCUT2D eigenvalue weighted by atomic mass is 32.1. The van der Waals surface area contributed by atoms with Gasteiger partial charge in [0.05, 0.1) is 10.6 Å². The van der Waals surface area contributed by atoms with E-state index in [4.69, 9.17) is 5.11 Å². The Morgan fingerprint density at radius 1 is 1.56 bits per heavy atom. The first-order valence-electron chi connectivity index (χ1n) is 4.56. The van der Waals surface area contributed by atoms with E-state index in [-0.39, 0.29) is 0 Å². The van der Waals surface area contributed by atoms with E-state index in [1.807, 2.05) is 22.9 Å². The molecule has 84 valence electrons. The lowest BCUT2D eigenvalue weighted by atomic mass is 10.2. The van der Waals surface area contributed by atoms with Crippen molar-refractivity contribution >= 4 is 41.3 Å². The van der Waals surface area contributed by atoms with E-state index in [9.17, 15) is 4.79 Å². The van der Waals surface area contributed by atoms with Crippen molar-refractivity contribution < 1.29 is 9.90 Å². The molecule has 0 amide bonds. The number of rotatable bonds is 4. The molecule has 0 radical (unpaired) electrons. The number of aliphatic carboxylic acids is 1. The normalized spacial score (nSPS) is 12.6. The summed E-state index contributed by atoms with van der Waals surface area (Å²) >= 11 is 7.15. The van der Waals surface area contributed by atoms with Crippen molar-refractivity contribution in [2.24, 2.45) is 0 Å². The number of thiazole rings is 1. The van der Waals surface area contributed by atoms with Crippen LogP contribution in [-0.2, 0) is 11.2 Å². The lowest BCUT2D eigenvalue weighted by molar-refractivity contribution is -0.136. The van der Waals surface area contributed by atoms with Crippen LogP contribution in [0.4, 0.5) is 0 Å². The Balaban J connectivity index is 2.11. The van der Waals surface area contributed by atoms with Crippen LogP contribution in [-0.4, -0.2) is 21.3 Å². The van der Waals surface area contributed by atoms with E-state index >= 15 is 0 Å². The van der Waals surface area contributed by atoms with E-state index in [0.717, 1.165) is 15.6 Å². The zero-order chi connectivity index (χ0) is 11.5. The summed E-state index contributed by atoms with van der Waals surface area (Å²) < 4.78 is 0. The molecule has 1 unspecified atom stereocenters. The lowest BCUT2D eigenvalue weighted by Gasteiger charge is -2.00. The second kappa shape index (κ2) is 4.99. The van der Waals surface area contributed by atoms with Gasteiger partial charge in [-0.3, -0.25) is 4.79 Å². The number of carbonyl (C=O) groups is 1. The van der Waals surface area contributed by atoms with Crippen molar-refractivity contribution in [2.45, 2.75) is 11.7 Å². The first-order chi connectivity index (χ1) is 7.66. The van der Waals surface area contributed by atoms with Crippen LogP contribution in [0.5, 0.6) is 0 Å². The minimum Gasteiger partial charge on any atom is -0.480 e. The Labute approximate surface area is 106 Å². The fraction of sp³-hybridized carbons (Fsp3) is 0.200. The summed E-state index contributed by atoms with van der Waals surface area (Å²) in [5.74, 6) is -0.908. The molecule has 3 nitrogen and oxygen atoms in total. The van der Waals surface area contributed by atoms with Crippen LogP contribution in [0.1, 0.15) is 5.69 Å². The predicted octanol–water partition coefficient (Wildman–Crippen LogP) is 2.80. The fourth-order valence-corrected chi connectivity index (χ4v) is 3.03. The summed E-state index contributed by atoms with van der Waals surface area (Å²) in [7, 11) is 0. The first-order valence-corrected chi connectivity index (χ1v) is 6.83. The Hall–Kier alpha value is -0.850. The molecule has 2 aromatic rings. The van der Waals surface area contributed by atoms with E-state index < -0.39 is 11.2 Å². The minimum atomic E-state index is -0.908. The van der Waals surface area contributed by atoms with Crippen LogP contribution in [0.3, 0.4) is 0 Å². The van der Waals surface area contributed by atoms with Crippen molar-refractivity contribution in [3.05, 3.63) is 28.6 Å². The fourth-order valence-electron chi connectivity index (χ4n) is 1.20. The van der Waals surface area contributed by atoms with E-state index in [1.54, 1.807) is 11.3 Å². The van der Waals surface area contributed by atoms with Gasteiger partial charge in [-0.2, -0.15) is 12.6 Å². The van der Waals surface area contributed by atoms with Gasteiger partial charge in [0.1, 0.15) is 10.3 Å². The maximum atomic E-state index is 10.6. The Kier molecular flexibility index (Phi) is 3.63. The van der Waals surface area contributed by atoms with Gasteiger partial charge >= 0.3 is 5.97 Å². The average Bonchev–Trinajstić information content (AvgIpc) is 2.85. The highest BCUT2D eigenvalue weighted by molar-refractivity contribution is 7.81. The van der Waals surface area contributed by atoms with Crippen LogP contribution >= 0.6 is 35.3 Å². The van der Waals surface area contributed by atoms with Gasteiger partial charge < -0.3 is 5.11 Å². The summed E-state index contributed by atoms with van der Waals surface area (Å²) in [5.41, 5.74) is 0.788. The standard InChI is InChI=1S/C10H9NO2S3/c12-10(13)7(14)4-6-5-16-9(11-6)8-2-1-3-15-8/h1-3,5,7,14H,4H2,(H,12,13). The van der Waals surface area contributed by atoms with Gasteiger partial charge in [0.25, 0.3) is 0 Å². The number of hydrogen-bond donors (Lipinski definition) is 2. The van der Waals surface area contributed by atoms with E-state index in [1.165, 1.54) is 11.3 Å². The molecule has 2 rings (SSSR count). The Morgan fingerprint density at radius 2 is 2.38 bits per heavy atom. The van der Waals surface area contributed by atoms with E-state index in [0.29, 0.717) is 6.42 Å². The van der Waals surface area contributed by atoms with Crippen molar-refractivity contribution in [3.8, 4) is 9.88 Å². The molecular weight excluding hydrogens is 262 g/mol. The second-order valence-corrected chi connectivity index (χ2v) is 5.61. The highest BCUT2D eigenvalue weighted by Crippen LogP contribution is 2.28. The van der Waals surface area contributed by atoms with Gasteiger partial charge in [-0.25, -0.2) is 4.98 Å². The molecule has 0 spiro atoms. The molecule has 6 heteroatoms. The third-order valence-electron chi connectivity index (χ3n) is 1.97. The van der Waals surface area contributed by atoms with Crippen LogP contribution in [0, 0.1) is 0 Å². The molecule has 2 heterocycles. The number of nitrogens with zero attached hydrogens (tertiary/aromatic N) is 1. The monoisotopic (exact) mass is 271 g/mol. The summed E-state index contributed by atoms with van der Waals surface area (Å²) in [6.07, 6.45) is 0.361. The molecule has 0 aromatic carbocycles. The number of thiol groups is 1. The quantitative estimate of drug-likeness (QED) is 0.841. The average molecular weight is 271 g/mol. The third kappa shape index (κ3) is 2.63. The number of carboxylic acids is 1. The van der Waals surface area contributed by atoms with Crippen molar-refractivity contribution in [1.82, 2.24) is 4.98 Å². The zero-order valence-corrected chi connectivity index (χ0v) is 10.7. The number of hydrogen-bond acceptors (Lipinski definition) is 5. The van der Waals surface area contributed by atoms with Gasteiger partial charge in [-0.15, -0.1) is 22.7 Å². The Morgan fingerprint density at radius 3 is 3.00 bits per heavy atom. The molecule has 0 aliphatic carbocycles. The van der Waals surface area contributed by atoms with Crippen LogP contribution in [0.15, 0.2) is 22.9 Å². The lowest BCUT2D eigenvalue weighted by Crippen LogP contribution is -2.16. The van der Waals surface area contributed by atoms with Crippen LogP contribution < -0.4 is 0 Å². The van der Waals surface area contributed by atoms with E-state index in [2.05, 4.69) is 17.6 Å². The van der Waals surface area contributed by atoms with Crippen LogP contribution in [0.25, 0.3) is 9.88 Å². The molecule has 0 bridgehead atoms. The maximum absolute atomic E-state index is 10.6. The summed E-state index contributed by atoms with van der Waals surface area (Å²) in [5, 5.41) is 12.9. The molecule has 0 aliphatic heterocycles. The van der Waals surface area contributed by atoms with Crippen molar-refractivity contribution in [3.63, 3.8) is 0 Å². The summed E-state index contributed by atoms with van der Waals surface area (Å²) in [6.45, 7) is 0. The van der Waals surface area contributed by atoms with Gasteiger partial charge in [0.15, 0.2) is 0 Å². The van der Waals surface area contributed by atoms with Gasteiger partial charge in [0, 0.05) is 11.8 Å². The zero-order valence-electron chi connectivity index (χ0n) is 8.16. The molecule has 0 saturated heterocycles. The second-order valence-electron chi connectivity index (χ2n) is 3.18. The SMILES string of the molecule is O=C(O)C(S)Cc1csc(-c2cccs2)n1. The van der Waals surface area contributed by atoms with Crippen LogP contribution in [0.2, 0.25) is 0 Å². The summed E-state index contributed by atoms with van der Waals surface area (Å²) in [6, 6.07) is 3.97. The maximum Gasteiger partial charge on any atom is 0.316 e. The largest absolute Gasteiger partial charge is 0.480 e. The van der Waals surface area contributed by atoms with Crippen molar-refractivity contribution in [2.75, 3.05) is 0 Å². The number of carboxylic acid groups (broad SMARTS) is 1.